The van der Waals surface area contributed by atoms with Crippen molar-refractivity contribution in [3.05, 3.63) is 107 Å². The Morgan fingerprint density at radius 2 is 1.70 bits per heavy atom. The Hall–Kier alpha value is -4.71. The fraction of sp³-hybridized carbons (Fsp3) is 0.206. The summed E-state index contributed by atoms with van der Waals surface area (Å²) < 4.78 is 33.3. The molecule has 6 heteroatoms. The SMILES string of the molecule is [2H]C([2H])([2H])n1c(-c2cc(C)c3nc(CCC)n(Cc4ccc(-c5ccccc5C(=O)OC)cc4)c3c2)nc2ccccc21. The summed E-state index contributed by atoms with van der Waals surface area (Å²) in [6.45, 7) is 2.34. The Labute approximate surface area is 238 Å². The van der Waals surface area contributed by atoms with Crippen molar-refractivity contribution < 1.29 is 13.6 Å². The Morgan fingerprint density at radius 1 is 0.925 bits per heavy atom. The molecule has 40 heavy (non-hydrogen) atoms. The summed E-state index contributed by atoms with van der Waals surface area (Å²) in [5, 5.41) is 0. The van der Waals surface area contributed by atoms with Gasteiger partial charge in [0.25, 0.3) is 0 Å². The third-order valence-electron chi connectivity index (χ3n) is 7.35. The maximum absolute atomic E-state index is 12.3. The van der Waals surface area contributed by atoms with Crippen molar-refractivity contribution in [3.8, 4) is 22.5 Å². The van der Waals surface area contributed by atoms with E-state index in [1.165, 1.54) is 11.7 Å². The van der Waals surface area contributed by atoms with E-state index in [0.717, 1.165) is 57.5 Å². The molecule has 0 spiro atoms. The van der Waals surface area contributed by atoms with Crippen molar-refractivity contribution in [1.82, 2.24) is 19.1 Å². The van der Waals surface area contributed by atoms with E-state index in [1.807, 2.05) is 67.6 Å². The molecule has 0 aliphatic rings. The van der Waals surface area contributed by atoms with Crippen molar-refractivity contribution >= 4 is 28.0 Å². The molecular weight excluding hydrogens is 496 g/mol. The van der Waals surface area contributed by atoms with Crippen LogP contribution in [0.4, 0.5) is 0 Å². The van der Waals surface area contributed by atoms with E-state index >= 15 is 0 Å². The van der Waals surface area contributed by atoms with Crippen molar-refractivity contribution in [3.63, 3.8) is 0 Å². The Kier molecular flexibility index (Phi) is 5.79. The number of methoxy groups -OCH3 is 1. The molecule has 0 atom stereocenters. The molecule has 0 N–H and O–H groups in total. The van der Waals surface area contributed by atoms with Crippen LogP contribution in [0.15, 0.2) is 84.9 Å². The first-order chi connectivity index (χ1) is 20.7. The predicted octanol–water partition coefficient (Wildman–Crippen LogP) is 7.35. The molecule has 0 bridgehead atoms. The van der Waals surface area contributed by atoms with Gasteiger partial charge in [-0.1, -0.05) is 61.5 Å². The molecule has 0 unspecified atom stereocenters. The van der Waals surface area contributed by atoms with E-state index in [4.69, 9.17) is 18.8 Å². The molecule has 6 rings (SSSR count). The van der Waals surface area contributed by atoms with Gasteiger partial charge in [0.1, 0.15) is 11.6 Å². The zero-order valence-electron chi connectivity index (χ0n) is 25.8. The fourth-order valence-electron chi connectivity index (χ4n) is 5.38. The molecular formula is C34H32N4O2. The van der Waals surface area contributed by atoms with Gasteiger partial charge in [-0.15, -0.1) is 0 Å². The molecule has 0 saturated carbocycles. The number of benzene rings is 4. The Balaban J connectivity index is 1.44. The minimum atomic E-state index is -2.39. The second-order valence-electron chi connectivity index (χ2n) is 10.0. The summed E-state index contributed by atoms with van der Waals surface area (Å²) in [4.78, 5) is 22.1. The van der Waals surface area contributed by atoms with Gasteiger partial charge in [-0.3, -0.25) is 0 Å². The lowest BCUT2D eigenvalue weighted by atomic mass is 9.98. The zero-order chi connectivity index (χ0) is 30.3. The smallest absolute Gasteiger partial charge is 0.338 e. The van der Waals surface area contributed by atoms with Crippen LogP contribution in [-0.4, -0.2) is 32.2 Å². The first kappa shape index (κ1) is 22.1. The number of fused-ring (bicyclic) bond motifs is 2. The quantitative estimate of drug-likeness (QED) is 0.202. The summed E-state index contributed by atoms with van der Waals surface area (Å²) in [5.74, 6) is 1.01. The van der Waals surface area contributed by atoms with E-state index in [2.05, 4.69) is 23.6 Å². The van der Waals surface area contributed by atoms with Crippen molar-refractivity contribution in [2.45, 2.75) is 33.2 Å². The lowest BCUT2D eigenvalue weighted by Crippen LogP contribution is -2.06. The number of aromatic nitrogens is 4. The number of carbonyl (C=O) groups excluding carboxylic acids is 1. The highest BCUT2D eigenvalue weighted by atomic mass is 16.5. The number of aryl methyl sites for hydroxylation is 3. The Bertz CT molecular complexity index is 1970. The van der Waals surface area contributed by atoms with Crippen molar-refractivity contribution in [1.29, 1.82) is 0 Å². The number of hydrogen-bond acceptors (Lipinski definition) is 4. The average Bonchev–Trinajstić information content (AvgIpc) is 3.56. The summed E-state index contributed by atoms with van der Waals surface area (Å²) in [6, 6.07) is 26.9. The van der Waals surface area contributed by atoms with E-state index in [-0.39, 0.29) is 5.97 Å². The minimum absolute atomic E-state index is 0.369. The van der Waals surface area contributed by atoms with Crippen LogP contribution in [0, 0.1) is 6.92 Å². The number of ether oxygens (including phenoxy) is 1. The van der Waals surface area contributed by atoms with Crippen LogP contribution in [0.25, 0.3) is 44.6 Å². The van der Waals surface area contributed by atoms with Crippen LogP contribution in [0.1, 0.15) is 44.8 Å². The molecule has 0 amide bonds. The first-order valence-electron chi connectivity index (χ1n) is 14.9. The summed E-state index contributed by atoms with van der Waals surface area (Å²) in [7, 11) is 1.39. The molecule has 0 radical (unpaired) electrons. The van der Waals surface area contributed by atoms with Crippen LogP contribution < -0.4 is 0 Å². The number of nitrogens with zero attached hydrogens (tertiary/aromatic N) is 4. The van der Waals surface area contributed by atoms with Gasteiger partial charge in [-0.25, -0.2) is 14.8 Å². The number of rotatable bonds is 7. The van der Waals surface area contributed by atoms with Gasteiger partial charge in [-0.05, 0) is 65.9 Å². The highest BCUT2D eigenvalue weighted by molar-refractivity contribution is 5.97. The van der Waals surface area contributed by atoms with Crippen LogP contribution in [-0.2, 0) is 24.7 Å². The third-order valence-corrected chi connectivity index (χ3v) is 7.35. The molecule has 0 aliphatic carbocycles. The van der Waals surface area contributed by atoms with Crippen LogP contribution in [0.3, 0.4) is 0 Å². The highest BCUT2D eigenvalue weighted by Gasteiger charge is 2.18. The molecule has 0 aliphatic heterocycles. The Morgan fingerprint density at radius 3 is 2.48 bits per heavy atom. The second kappa shape index (κ2) is 10.5. The largest absolute Gasteiger partial charge is 0.465 e. The average molecular weight is 532 g/mol. The van der Waals surface area contributed by atoms with E-state index in [9.17, 15) is 4.79 Å². The van der Waals surface area contributed by atoms with Gasteiger partial charge in [0.05, 0.1) is 34.7 Å². The monoisotopic (exact) mass is 531 g/mol. The molecule has 6 aromatic rings. The molecule has 0 saturated heterocycles. The van der Waals surface area contributed by atoms with Gasteiger partial charge < -0.3 is 13.9 Å². The van der Waals surface area contributed by atoms with Crippen molar-refractivity contribution in [2.24, 2.45) is 6.98 Å². The molecule has 4 aromatic carbocycles. The molecule has 2 heterocycles. The fourth-order valence-corrected chi connectivity index (χ4v) is 5.38. The van der Waals surface area contributed by atoms with Gasteiger partial charge in [0, 0.05) is 29.6 Å². The van der Waals surface area contributed by atoms with Gasteiger partial charge in [-0.2, -0.15) is 0 Å². The van der Waals surface area contributed by atoms with E-state index in [1.54, 1.807) is 12.1 Å². The van der Waals surface area contributed by atoms with Gasteiger partial charge >= 0.3 is 5.97 Å². The third kappa shape index (κ3) is 4.45. The number of carbonyl (C=O) groups is 1. The lowest BCUT2D eigenvalue weighted by molar-refractivity contribution is 0.0601. The molecule has 6 nitrogen and oxygen atoms in total. The molecule has 2 aromatic heterocycles. The van der Waals surface area contributed by atoms with E-state index in [0.29, 0.717) is 29.0 Å². The van der Waals surface area contributed by atoms with Crippen LogP contribution in [0.2, 0.25) is 0 Å². The number of para-hydroxylation sites is 2. The topological polar surface area (TPSA) is 61.9 Å². The number of hydrogen-bond donors (Lipinski definition) is 0. The predicted molar refractivity (Wildman–Crippen MR) is 160 cm³/mol. The first-order valence-corrected chi connectivity index (χ1v) is 13.4. The summed E-state index contributed by atoms with van der Waals surface area (Å²) in [5.41, 5.74) is 8.08. The maximum Gasteiger partial charge on any atom is 0.338 e. The maximum atomic E-state index is 12.3. The highest BCUT2D eigenvalue weighted by Crippen LogP contribution is 2.31. The molecule has 0 fully saturated rings. The zero-order valence-corrected chi connectivity index (χ0v) is 22.8. The summed E-state index contributed by atoms with van der Waals surface area (Å²) in [6.07, 6.45) is 1.75. The van der Waals surface area contributed by atoms with Crippen LogP contribution >= 0.6 is 0 Å². The number of esters is 1. The lowest BCUT2D eigenvalue weighted by Gasteiger charge is -2.12. The van der Waals surface area contributed by atoms with Gasteiger partial charge in [0.15, 0.2) is 0 Å². The second-order valence-corrected chi connectivity index (χ2v) is 10.0. The number of imidazole rings is 2. The normalized spacial score (nSPS) is 12.8. The standard InChI is InChI=1S/C34H32N4O2/c1-5-10-31-36-32-22(2)19-25(33-35-28-13-8-9-14-29(28)37(33)3)20-30(32)38(31)21-23-15-17-24(18-16-23)26-11-6-7-12-27(26)34(39)40-4/h6-9,11-20H,5,10,21H2,1-4H3/i3D3. The van der Waals surface area contributed by atoms with Crippen molar-refractivity contribution in [2.75, 3.05) is 7.11 Å². The molecule has 200 valence electrons. The minimum Gasteiger partial charge on any atom is -0.465 e. The van der Waals surface area contributed by atoms with Gasteiger partial charge in [0.2, 0.25) is 0 Å². The summed E-state index contributed by atoms with van der Waals surface area (Å²) >= 11 is 0. The van der Waals surface area contributed by atoms with E-state index < -0.39 is 6.98 Å². The van der Waals surface area contributed by atoms with Crippen LogP contribution in [0.5, 0.6) is 0 Å².